The number of hydrogen-bond acceptors (Lipinski definition) is 10. The van der Waals surface area contributed by atoms with E-state index >= 15 is 0 Å². The number of primary amides is 1. The normalized spacial score (nSPS) is 13.5. The molecule has 14 heteroatoms. The van der Waals surface area contributed by atoms with Gasteiger partial charge in [0.25, 0.3) is 11.8 Å². The van der Waals surface area contributed by atoms with Gasteiger partial charge in [0.1, 0.15) is 12.6 Å². The highest BCUT2D eigenvalue weighted by Crippen LogP contribution is 2.43. The lowest BCUT2D eigenvalue weighted by Gasteiger charge is -2.34. The highest BCUT2D eigenvalue weighted by Gasteiger charge is 2.34. The summed E-state index contributed by atoms with van der Waals surface area (Å²) in [6, 6.07) is 20.1. The van der Waals surface area contributed by atoms with Crippen molar-refractivity contribution in [1.82, 2.24) is 25.0 Å². The van der Waals surface area contributed by atoms with Crippen LogP contribution in [-0.4, -0.2) is 95.4 Å². The van der Waals surface area contributed by atoms with E-state index in [2.05, 4.69) is 130 Å². The van der Waals surface area contributed by atoms with E-state index in [1.807, 2.05) is 33.9 Å². The van der Waals surface area contributed by atoms with Crippen molar-refractivity contribution in [3.8, 4) is 22.4 Å². The average molecular weight is 996 g/mol. The minimum absolute atomic E-state index is 0.0288. The number of amides is 2. The molecule has 14 nitrogen and oxygen atoms in total. The van der Waals surface area contributed by atoms with Crippen molar-refractivity contribution in [2.45, 2.75) is 146 Å². The lowest BCUT2D eigenvalue weighted by Crippen LogP contribution is -2.61. The fraction of sp³-hybridized carbons (Fsp3) is 0.534. The number of hydrogen-bond donors (Lipinski definition) is 5. The average Bonchev–Trinajstić information content (AvgIpc) is 3.67. The molecule has 2 amide bonds. The first-order valence-corrected chi connectivity index (χ1v) is 26.1. The number of aldehydes is 2. The van der Waals surface area contributed by atoms with Crippen LogP contribution in [0.15, 0.2) is 85.7 Å². The molecular weight excluding hydrogens is 901 g/mol. The van der Waals surface area contributed by atoms with E-state index < -0.39 is 0 Å². The van der Waals surface area contributed by atoms with Crippen molar-refractivity contribution in [3.63, 3.8) is 0 Å². The molecule has 400 valence electrons. The summed E-state index contributed by atoms with van der Waals surface area (Å²) in [6.07, 6.45) is 12.7. The smallest absolute Gasteiger partial charge is 0.277 e. The summed E-state index contributed by atoms with van der Waals surface area (Å²) in [6.45, 7) is 32.6. The van der Waals surface area contributed by atoms with Crippen molar-refractivity contribution in [2.24, 2.45) is 40.4 Å². The minimum atomic E-state index is -0.340. The number of carbonyl (C=O) groups is 4. The molecule has 0 saturated carbocycles. The summed E-state index contributed by atoms with van der Waals surface area (Å²) in [5.74, 6) is 11.2. The Labute approximate surface area is 434 Å². The van der Waals surface area contributed by atoms with E-state index in [0.717, 1.165) is 74.7 Å². The molecule has 9 N–H and O–H groups in total. The third kappa shape index (κ3) is 19.5. The molecule has 0 aliphatic carbocycles. The highest BCUT2D eigenvalue weighted by molar-refractivity contribution is 5.95. The van der Waals surface area contributed by atoms with E-state index in [1.165, 1.54) is 70.0 Å². The van der Waals surface area contributed by atoms with E-state index in [4.69, 9.17) is 22.4 Å². The fourth-order valence-corrected chi connectivity index (χ4v) is 9.19. The first-order valence-electron chi connectivity index (χ1n) is 26.1. The van der Waals surface area contributed by atoms with Crippen LogP contribution in [0.1, 0.15) is 137 Å². The van der Waals surface area contributed by atoms with Crippen molar-refractivity contribution >= 4 is 35.3 Å². The lowest BCUT2D eigenvalue weighted by molar-refractivity contribution is -0.920. The van der Waals surface area contributed by atoms with Gasteiger partial charge in [0.15, 0.2) is 6.04 Å². The first kappa shape index (κ1) is 64.5. The Morgan fingerprint density at radius 2 is 1.61 bits per heavy atom. The van der Waals surface area contributed by atoms with Crippen molar-refractivity contribution in [2.75, 3.05) is 40.8 Å². The number of aromatic nitrogens is 2. The molecule has 4 aromatic rings. The number of pyridine rings is 1. The molecule has 0 bridgehead atoms. The third-order valence-corrected chi connectivity index (χ3v) is 12.9. The van der Waals surface area contributed by atoms with Gasteiger partial charge in [-0.15, -0.1) is 0 Å². The van der Waals surface area contributed by atoms with Gasteiger partial charge in [0.05, 0.1) is 25.5 Å². The van der Waals surface area contributed by atoms with Crippen LogP contribution in [0.5, 0.6) is 0 Å². The second kappa shape index (κ2) is 32.5. The molecule has 2 aromatic carbocycles. The summed E-state index contributed by atoms with van der Waals surface area (Å²) in [7, 11) is 5.02. The molecule has 0 radical (unpaired) electrons. The quantitative estimate of drug-likeness (QED) is 0.00958. The van der Waals surface area contributed by atoms with Gasteiger partial charge >= 0.3 is 0 Å². The van der Waals surface area contributed by atoms with Gasteiger partial charge in [-0.3, -0.25) is 19.6 Å². The summed E-state index contributed by atoms with van der Waals surface area (Å²) < 4.78 is 2.60. The number of likely N-dealkylation sites (N-methyl/N-ethyl adjacent to an activating group) is 1. The summed E-state index contributed by atoms with van der Waals surface area (Å²) in [5.41, 5.74) is 24.5. The summed E-state index contributed by atoms with van der Waals surface area (Å²) >= 11 is 0. The predicted molar refractivity (Wildman–Crippen MR) is 301 cm³/mol. The van der Waals surface area contributed by atoms with Gasteiger partial charge in [-0.05, 0) is 123 Å². The second-order valence-corrected chi connectivity index (χ2v) is 19.9. The maximum Gasteiger partial charge on any atom is 0.277 e. The molecule has 0 spiro atoms. The summed E-state index contributed by atoms with van der Waals surface area (Å²) in [5, 5.41) is 4.60. The van der Waals surface area contributed by atoms with Crippen LogP contribution in [0.2, 0.25) is 0 Å². The Morgan fingerprint density at radius 3 is 2.14 bits per heavy atom. The van der Waals surface area contributed by atoms with Crippen molar-refractivity contribution in [1.29, 1.82) is 0 Å². The number of nitrogens with two attached hydrogens (primary N) is 4. The van der Waals surface area contributed by atoms with Crippen LogP contribution in [-0.2, 0) is 38.6 Å². The van der Waals surface area contributed by atoms with E-state index in [-0.39, 0.29) is 33.8 Å². The van der Waals surface area contributed by atoms with Crippen LogP contribution >= 0.6 is 0 Å². The number of benzene rings is 2. The van der Waals surface area contributed by atoms with Gasteiger partial charge in [-0.25, -0.2) is 15.9 Å². The Kier molecular flexibility index (Phi) is 29.2. The second-order valence-electron chi connectivity index (χ2n) is 19.9. The number of nitrogens with zero attached hydrogens (tertiary/aromatic N) is 5. The number of unbranched alkanes of at least 4 members (excludes halogenated alkanes) is 1. The topological polar surface area (TPSA) is 209 Å². The molecular formula is C58H95N10O4+. The van der Waals surface area contributed by atoms with E-state index in [0.29, 0.717) is 37.6 Å². The standard InChI is InChI=1S/C41H54N4O.C7H17N3O.C7H12N2O2.C2H6.CH5N/c1-8-29(3)39-35(17-13-21-42-39)40-37(28-41(6,7)20-14-24-46)36-27-34(18-19-38(36)44(40)9-2)33-16-12-15-32(26-33)25-30(4)31(5)45-23-11-10-22-43-45;1-5(2)6(7(8)11)10(3,4)9;1-2-7(11)9(8)5-3-4-6-10;2*1-2/h12-13,15-19,21,24,26-27,29-30,43H,5,8-11,14,20,22-23,25,28H2,1-4,6-7H3;5-6H,9H2,1-4H3,(H-,8,11);2,6H,1,3-5,8H2;1-2H3;2H2,1H3/p+1. The molecule has 1 fully saturated rings. The number of carbonyl (C=O) groups excluding carboxylic acids is 4. The zero-order valence-electron chi connectivity index (χ0n) is 46.6. The number of quaternary nitrogens is 1. The van der Waals surface area contributed by atoms with Crippen molar-refractivity contribution < 1.29 is 23.8 Å². The van der Waals surface area contributed by atoms with Gasteiger partial charge < -0.3 is 30.6 Å². The van der Waals surface area contributed by atoms with Crippen LogP contribution in [0, 0.1) is 17.3 Å². The predicted octanol–water partition coefficient (Wildman–Crippen LogP) is 9.65. The van der Waals surface area contributed by atoms with Crippen LogP contribution in [0.25, 0.3) is 33.3 Å². The maximum atomic E-state index is 11.4. The molecule has 1 aliphatic heterocycles. The van der Waals surface area contributed by atoms with Crippen LogP contribution < -0.4 is 28.6 Å². The third-order valence-electron chi connectivity index (χ3n) is 12.9. The monoisotopic (exact) mass is 996 g/mol. The number of rotatable bonds is 22. The molecule has 5 rings (SSSR count). The molecule has 3 unspecified atom stereocenters. The largest absolute Gasteiger partial charge is 0.364 e. The van der Waals surface area contributed by atoms with Crippen LogP contribution in [0.4, 0.5) is 0 Å². The first-order chi connectivity index (χ1) is 34.2. The Bertz CT molecular complexity index is 2290. The van der Waals surface area contributed by atoms with Gasteiger partial charge in [0, 0.05) is 79.2 Å². The van der Waals surface area contributed by atoms with Crippen LogP contribution in [0.3, 0.4) is 0 Å². The number of fused-ring (bicyclic) bond motifs is 1. The maximum absolute atomic E-state index is 11.4. The zero-order valence-corrected chi connectivity index (χ0v) is 46.6. The number of hydrazine groups is 2. The van der Waals surface area contributed by atoms with E-state index in [1.54, 1.807) is 14.1 Å². The number of allylic oxidation sites excluding steroid dienone is 1. The van der Waals surface area contributed by atoms with Gasteiger partial charge in [-0.1, -0.05) is 106 Å². The zero-order chi connectivity index (χ0) is 54.8. The molecule has 3 atom stereocenters. The molecule has 1 saturated heterocycles. The fourth-order valence-electron chi connectivity index (χ4n) is 9.19. The highest BCUT2D eigenvalue weighted by atomic mass is 16.2. The van der Waals surface area contributed by atoms with E-state index in [9.17, 15) is 19.2 Å². The Hall–Kier alpha value is -5.51. The number of aryl methyl sites for hydroxylation is 1. The Balaban J connectivity index is 0.000000821. The molecule has 3 heterocycles. The number of nitrogens with one attached hydrogen (secondary N) is 1. The lowest BCUT2D eigenvalue weighted by atomic mass is 9.80. The minimum Gasteiger partial charge on any atom is -0.364 e. The molecule has 2 aromatic heterocycles. The van der Waals surface area contributed by atoms with Crippen molar-refractivity contribution in [3.05, 3.63) is 103 Å². The Morgan fingerprint density at radius 1 is 0.958 bits per heavy atom. The summed E-state index contributed by atoms with van der Waals surface area (Å²) in [4.78, 5) is 47.8. The molecule has 72 heavy (non-hydrogen) atoms. The SMILES string of the molecule is C=C(C(C)Cc1cccc(-c2ccc3c(c2)c(CC(C)(C)CCC=O)c(-c2cccnc2C(C)CC)n3CC)c1)N1CCCCN1.C=CC(=O)N(N)CCCC=O.CC.CC(C)C(C(N)=O)[N+](C)(C)N.CN. The van der Waals surface area contributed by atoms with Gasteiger partial charge in [0.2, 0.25) is 0 Å². The van der Waals surface area contributed by atoms with Gasteiger partial charge in [-0.2, -0.15) is 5.84 Å². The molecule has 1 aliphatic rings.